The summed E-state index contributed by atoms with van der Waals surface area (Å²) in [5, 5.41) is 0.788. The molecule has 1 rings (SSSR count). The van der Waals surface area contributed by atoms with Crippen LogP contribution in [0.2, 0.25) is 0 Å². The number of benzene rings is 1. The average Bonchev–Trinajstić information content (AvgIpc) is 2.03. The van der Waals surface area contributed by atoms with Crippen LogP contribution in [0.3, 0.4) is 0 Å². The third-order valence-corrected chi connectivity index (χ3v) is 2.13. The van der Waals surface area contributed by atoms with Gasteiger partial charge in [0, 0.05) is 11.0 Å². The molecule has 1 aromatic rings. The second-order valence-corrected chi connectivity index (χ2v) is 2.92. The lowest BCUT2D eigenvalue weighted by Crippen LogP contribution is -1.87. The predicted molar refractivity (Wildman–Crippen MR) is 53.7 cm³/mol. The first-order valence-corrected chi connectivity index (χ1v) is 4.46. The molecular weight excluding hydrogens is 202 g/mol. The van der Waals surface area contributed by atoms with Crippen molar-refractivity contribution in [3.8, 4) is 0 Å². The van der Waals surface area contributed by atoms with Gasteiger partial charge in [0.05, 0.1) is 0 Å². The molecule has 2 heteroatoms. The average molecular weight is 212 g/mol. The van der Waals surface area contributed by atoms with Gasteiger partial charge in [-0.25, -0.2) is 0 Å². The molecule has 58 valence electrons. The molecule has 0 aliphatic rings. The molecule has 0 atom stereocenters. The number of nitrogens with two attached hydrogens (primary N) is 1. The van der Waals surface area contributed by atoms with Crippen LogP contribution in [-0.4, -0.2) is 5.33 Å². The van der Waals surface area contributed by atoms with Gasteiger partial charge in [0.25, 0.3) is 0 Å². The van der Waals surface area contributed by atoms with Crippen molar-refractivity contribution in [2.45, 2.75) is 0 Å². The number of nitrogen functional groups attached to an aromatic ring is 1. The predicted octanol–water partition coefficient (Wildman–Crippen LogP) is 2.68. The Bertz CT molecular complexity index is 268. The van der Waals surface area contributed by atoms with Crippen molar-refractivity contribution in [2.75, 3.05) is 11.1 Å². The highest BCUT2D eigenvalue weighted by molar-refractivity contribution is 9.09. The Morgan fingerprint density at radius 2 is 2.27 bits per heavy atom. The Morgan fingerprint density at radius 1 is 1.55 bits per heavy atom. The number of rotatable bonds is 2. The quantitative estimate of drug-likeness (QED) is 0.591. The summed E-state index contributed by atoms with van der Waals surface area (Å²) in [4.78, 5) is 0. The van der Waals surface area contributed by atoms with Crippen LogP contribution < -0.4 is 5.73 Å². The minimum atomic E-state index is 0.782. The van der Waals surface area contributed by atoms with Crippen molar-refractivity contribution < 1.29 is 0 Å². The molecule has 0 heterocycles. The number of allylic oxidation sites excluding steroid dienone is 1. The highest BCUT2D eigenvalue weighted by Gasteiger charge is 1.95. The minimum absolute atomic E-state index is 0.782. The molecule has 0 saturated heterocycles. The zero-order chi connectivity index (χ0) is 8.27. The van der Waals surface area contributed by atoms with E-state index in [4.69, 9.17) is 5.73 Å². The van der Waals surface area contributed by atoms with E-state index in [2.05, 4.69) is 22.5 Å². The Kier molecular flexibility index (Phi) is 2.71. The molecule has 0 radical (unpaired) electrons. The van der Waals surface area contributed by atoms with E-state index < -0.39 is 0 Å². The third kappa shape index (κ3) is 2.09. The first kappa shape index (κ1) is 8.34. The topological polar surface area (TPSA) is 26.0 Å². The summed E-state index contributed by atoms with van der Waals surface area (Å²) in [5.41, 5.74) is 8.53. The molecule has 0 aliphatic carbocycles. The van der Waals surface area contributed by atoms with E-state index in [-0.39, 0.29) is 0 Å². The molecule has 0 aliphatic heterocycles. The number of anilines is 1. The standard InChI is InChI=1S/C9H10BrN/c1-7(6-10)8-3-2-4-9(11)5-8/h2-5H,1,6,11H2. The monoisotopic (exact) mass is 211 g/mol. The fourth-order valence-corrected chi connectivity index (χ4v) is 1.16. The first-order chi connectivity index (χ1) is 5.24. The molecule has 0 fully saturated rings. The van der Waals surface area contributed by atoms with Crippen LogP contribution in [-0.2, 0) is 0 Å². The van der Waals surface area contributed by atoms with Crippen LogP contribution >= 0.6 is 15.9 Å². The van der Waals surface area contributed by atoms with Gasteiger partial charge in [-0.1, -0.05) is 34.6 Å². The van der Waals surface area contributed by atoms with E-state index in [9.17, 15) is 0 Å². The maximum atomic E-state index is 5.59. The second-order valence-electron chi connectivity index (χ2n) is 2.36. The lowest BCUT2D eigenvalue weighted by molar-refractivity contribution is 1.59. The summed E-state index contributed by atoms with van der Waals surface area (Å²) in [6.07, 6.45) is 0. The molecular formula is C9H10BrN. The lowest BCUT2D eigenvalue weighted by atomic mass is 10.1. The molecule has 0 amide bonds. The number of halogens is 1. The van der Waals surface area contributed by atoms with E-state index in [1.54, 1.807) is 0 Å². The summed E-state index contributed by atoms with van der Waals surface area (Å²) in [6.45, 7) is 3.88. The van der Waals surface area contributed by atoms with Crippen LogP contribution in [0, 0.1) is 0 Å². The van der Waals surface area contributed by atoms with E-state index >= 15 is 0 Å². The van der Waals surface area contributed by atoms with Gasteiger partial charge in [0.1, 0.15) is 0 Å². The summed E-state index contributed by atoms with van der Waals surface area (Å²) in [6, 6.07) is 7.72. The summed E-state index contributed by atoms with van der Waals surface area (Å²) in [5.74, 6) is 0. The Hall–Kier alpha value is -0.760. The molecule has 1 aromatic carbocycles. The van der Waals surface area contributed by atoms with Gasteiger partial charge in [0.15, 0.2) is 0 Å². The fraction of sp³-hybridized carbons (Fsp3) is 0.111. The van der Waals surface area contributed by atoms with Crippen molar-refractivity contribution in [3.63, 3.8) is 0 Å². The fourth-order valence-electron chi connectivity index (χ4n) is 0.836. The van der Waals surface area contributed by atoms with Crippen LogP contribution in [0.5, 0.6) is 0 Å². The maximum absolute atomic E-state index is 5.59. The minimum Gasteiger partial charge on any atom is -0.399 e. The van der Waals surface area contributed by atoms with Gasteiger partial charge in [-0.2, -0.15) is 0 Å². The molecule has 0 saturated carbocycles. The van der Waals surface area contributed by atoms with E-state index in [0.29, 0.717) is 0 Å². The molecule has 0 unspecified atom stereocenters. The van der Waals surface area contributed by atoms with Crippen LogP contribution in [0.25, 0.3) is 5.57 Å². The molecule has 0 spiro atoms. The first-order valence-electron chi connectivity index (χ1n) is 3.33. The number of hydrogen-bond acceptors (Lipinski definition) is 1. The van der Waals surface area contributed by atoms with Crippen molar-refractivity contribution in [1.29, 1.82) is 0 Å². The second kappa shape index (κ2) is 3.58. The van der Waals surface area contributed by atoms with Gasteiger partial charge >= 0.3 is 0 Å². The van der Waals surface area contributed by atoms with Crippen molar-refractivity contribution in [1.82, 2.24) is 0 Å². The normalized spacial score (nSPS) is 9.55. The van der Waals surface area contributed by atoms with E-state index in [1.807, 2.05) is 24.3 Å². The largest absolute Gasteiger partial charge is 0.399 e. The van der Waals surface area contributed by atoms with Crippen molar-refractivity contribution >= 4 is 27.2 Å². The van der Waals surface area contributed by atoms with Gasteiger partial charge in [0.2, 0.25) is 0 Å². The Balaban J connectivity index is 2.96. The van der Waals surface area contributed by atoms with Gasteiger partial charge in [-0.3, -0.25) is 0 Å². The Morgan fingerprint density at radius 3 is 2.82 bits per heavy atom. The zero-order valence-corrected chi connectivity index (χ0v) is 7.76. The van der Waals surface area contributed by atoms with Crippen LogP contribution in [0.4, 0.5) is 5.69 Å². The molecule has 0 aromatic heterocycles. The van der Waals surface area contributed by atoms with Crippen molar-refractivity contribution in [3.05, 3.63) is 36.4 Å². The molecule has 2 N–H and O–H groups in total. The third-order valence-electron chi connectivity index (χ3n) is 1.46. The summed E-state index contributed by atoms with van der Waals surface area (Å²) in [7, 11) is 0. The molecule has 1 nitrogen and oxygen atoms in total. The van der Waals surface area contributed by atoms with Crippen LogP contribution in [0.1, 0.15) is 5.56 Å². The van der Waals surface area contributed by atoms with Crippen molar-refractivity contribution in [2.24, 2.45) is 0 Å². The highest BCUT2D eigenvalue weighted by atomic mass is 79.9. The van der Waals surface area contributed by atoms with E-state index in [0.717, 1.165) is 22.2 Å². The van der Waals surface area contributed by atoms with E-state index in [1.165, 1.54) is 0 Å². The van der Waals surface area contributed by atoms with Gasteiger partial charge in [-0.05, 0) is 23.3 Å². The summed E-state index contributed by atoms with van der Waals surface area (Å²) >= 11 is 3.34. The highest BCUT2D eigenvalue weighted by Crippen LogP contribution is 2.16. The van der Waals surface area contributed by atoms with Gasteiger partial charge < -0.3 is 5.73 Å². The number of hydrogen-bond donors (Lipinski definition) is 1. The lowest BCUT2D eigenvalue weighted by Gasteiger charge is -2.01. The SMILES string of the molecule is C=C(CBr)c1cccc(N)c1. The van der Waals surface area contributed by atoms with Crippen LogP contribution in [0.15, 0.2) is 30.8 Å². The smallest absolute Gasteiger partial charge is 0.0320 e. The maximum Gasteiger partial charge on any atom is 0.0320 e. The van der Waals surface area contributed by atoms with Gasteiger partial charge in [-0.15, -0.1) is 0 Å². The zero-order valence-electron chi connectivity index (χ0n) is 6.18. The summed E-state index contributed by atoms with van der Waals surface area (Å²) < 4.78 is 0. The number of alkyl halides is 1. The molecule has 0 bridgehead atoms. The Labute approximate surface area is 75.0 Å². The molecule has 11 heavy (non-hydrogen) atoms.